The van der Waals surface area contributed by atoms with Gasteiger partial charge in [-0.1, -0.05) is 49.9 Å². The van der Waals surface area contributed by atoms with Crippen molar-refractivity contribution in [2.24, 2.45) is 0 Å². The van der Waals surface area contributed by atoms with E-state index in [1.54, 1.807) is 16.2 Å². The second kappa shape index (κ2) is 8.15. The Kier molecular flexibility index (Phi) is 5.34. The third kappa shape index (κ3) is 3.67. The normalized spacial score (nSPS) is 22.4. The Morgan fingerprint density at radius 2 is 1.90 bits per heavy atom. The van der Waals surface area contributed by atoms with Crippen molar-refractivity contribution in [3.05, 3.63) is 58.4 Å². The predicted octanol–water partition coefficient (Wildman–Crippen LogP) is 4.96. The standard InChI is InChI=1S/C25H29N3O2S/c1-25(24(30)26-19-10-4-2-3-5-11-19)17-27-21-13-7-6-9-18(21)15-22(27)23(29)28(25)16-20-12-8-14-31-20/h6-9,12-15,19H,2-5,10-11,16-17H2,1H3,(H,26,30). The van der Waals surface area contributed by atoms with Gasteiger partial charge in [0.2, 0.25) is 5.91 Å². The maximum atomic E-state index is 13.7. The highest BCUT2D eigenvalue weighted by atomic mass is 32.1. The van der Waals surface area contributed by atoms with E-state index in [1.807, 2.05) is 59.3 Å². The molecule has 1 saturated carbocycles. The maximum absolute atomic E-state index is 13.7. The zero-order valence-corrected chi connectivity index (χ0v) is 18.8. The number of thiophene rings is 1. The minimum Gasteiger partial charge on any atom is -0.351 e. The molecule has 0 spiro atoms. The van der Waals surface area contributed by atoms with Crippen molar-refractivity contribution in [1.29, 1.82) is 0 Å². The van der Waals surface area contributed by atoms with E-state index in [9.17, 15) is 9.59 Å². The number of para-hydroxylation sites is 1. The summed E-state index contributed by atoms with van der Waals surface area (Å²) >= 11 is 1.62. The number of nitrogens with zero attached hydrogens (tertiary/aromatic N) is 2. The van der Waals surface area contributed by atoms with E-state index in [-0.39, 0.29) is 17.9 Å². The quantitative estimate of drug-likeness (QED) is 0.589. The first-order valence-corrected chi connectivity index (χ1v) is 12.2. The van der Waals surface area contributed by atoms with Crippen molar-refractivity contribution >= 4 is 34.1 Å². The smallest absolute Gasteiger partial charge is 0.271 e. The van der Waals surface area contributed by atoms with Gasteiger partial charge >= 0.3 is 0 Å². The van der Waals surface area contributed by atoms with E-state index in [0.29, 0.717) is 18.8 Å². The number of carbonyl (C=O) groups excluding carboxylic acids is 2. The number of carbonyl (C=O) groups is 2. The number of hydrogen-bond acceptors (Lipinski definition) is 3. The molecule has 0 bridgehead atoms. The number of nitrogens with one attached hydrogen (secondary N) is 1. The van der Waals surface area contributed by atoms with Crippen LogP contribution in [0.25, 0.3) is 10.9 Å². The van der Waals surface area contributed by atoms with Gasteiger partial charge in [0, 0.05) is 21.8 Å². The highest BCUT2D eigenvalue weighted by Gasteiger charge is 2.48. The number of hydrogen-bond donors (Lipinski definition) is 1. The van der Waals surface area contributed by atoms with Crippen LogP contribution in [0.4, 0.5) is 0 Å². The van der Waals surface area contributed by atoms with Gasteiger partial charge < -0.3 is 14.8 Å². The Balaban J connectivity index is 1.53. The van der Waals surface area contributed by atoms with Crippen molar-refractivity contribution in [2.75, 3.05) is 0 Å². The molecule has 1 N–H and O–H groups in total. The summed E-state index contributed by atoms with van der Waals surface area (Å²) in [6.07, 6.45) is 6.85. The van der Waals surface area contributed by atoms with Gasteiger partial charge in [0.05, 0.1) is 13.1 Å². The molecule has 0 radical (unpaired) electrons. The number of amides is 2. The topological polar surface area (TPSA) is 54.3 Å². The summed E-state index contributed by atoms with van der Waals surface area (Å²) in [7, 11) is 0. The van der Waals surface area contributed by atoms with E-state index in [0.717, 1.165) is 41.5 Å². The molecular formula is C25H29N3O2S. The average Bonchev–Trinajstić information content (AvgIpc) is 3.33. The van der Waals surface area contributed by atoms with E-state index >= 15 is 0 Å². The van der Waals surface area contributed by atoms with Crippen LogP contribution in [0.5, 0.6) is 0 Å². The van der Waals surface area contributed by atoms with Gasteiger partial charge in [0.15, 0.2) is 0 Å². The molecule has 1 aliphatic carbocycles. The fourth-order valence-corrected chi connectivity index (χ4v) is 5.77. The lowest BCUT2D eigenvalue weighted by Gasteiger charge is -2.44. The van der Waals surface area contributed by atoms with Gasteiger partial charge in [-0.2, -0.15) is 0 Å². The minimum absolute atomic E-state index is 0.0345. The molecule has 3 heterocycles. The van der Waals surface area contributed by atoms with Crippen molar-refractivity contribution < 1.29 is 9.59 Å². The lowest BCUT2D eigenvalue weighted by atomic mass is 9.93. The lowest BCUT2D eigenvalue weighted by Crippen LogP contribution is -2.64. The Morgan fingerprint density at radius 1 is 1.13 bits per heavy atom. The van der Waals surface area contributed by atoms with Crippen molar-refractivity contribution in [2.45, 2.75) is 70.1 Å². The van der Waals surface area contributed by atoms with Crippen LogP contribution in [0.2, 0.25) is 0 Å². The summed E-state index contributed by atoms with van der Waals surface area (Å²) in [6, 6.07) is 14.2. The molecule has 2 amide bonds. The third-order valence-corrected chi connectivity index (χ3v) is 7.77. The largest absolute Gasteiger partial charge is 0.351 e. The van der Waals surface area contributed by atoms with E-state index in [2.05, 4.69) is 5.32 Å². The molecule has 2 aliphatic rings. The predicted molar refractivity (Wildman–Crippen MR) is 124 cm³/mol. The van der Waals surface area contributed by atoms with Crippen LogP contribution in [0.3, 0.4) is 0 Å². The van der Waals surface area contributed by atoms with E-state index < -0.39 is 5.54 Å². The molecule has 1 unspecified atom stereocenters. The number of rotatable bonds is 4. The zero-order chi connectivity index (χ0) is 21.4. The number of fused-ring (bicyclic) bond motifs is 3. The van der Waals surface area contributed by atoms with Crippen LogP contribution in [-0.2, 0) is 17.9 Å². The SMILES string of the molecule is CC1(C(=O)NC2CCCCCC2)Cn2c(cc3ccccc32)C(=O)N1Cc1cccs1. The summed E-state index contributed by atoms with van der Waals surface area (Å²) < 4.78 is 2.04. The van der Waals surface area contributed by atoms with Crippen LogP contribution in [0.1, 0.15) is 60.8 Å². The summed E-state index contributed by atoms with van der Waals surface area (Å²) in [4.78, 5) is 30.3. The second-order valence-electron chi connectivity index (χ2n) is 9.08. The first kappa shape index (κ1) is 20.3. The highest BCUT2D eigenvalue weighted by Crippen LogP contribution is 2.34. The second-order valence-corrected chi connectivity index (χ2v) is 10.1. The Morgan fingerprint density at radius 3 is 2.65 bits per heavy atom. The molecular weight excluding hydrogens is 406 g/mol. The fourth-order valence-electron chi connectivity index (χ4n) is 5.08. The average molecular weight is 436 g/mol. The summed E-state index contributed by atoms with van der Waals surface area (Å²) in [5.41, 5.74) is 0.731. The van der Waals surface area contributed by atoms with Crippen LogP contribution in [0.15, 0.2) is 47.8 Å². The van der Waals surface area contributed by atoms with Gasteiger partial charge in [0.25, 0.3) is 5.91 Å². The first-order chi connectivity index (χ1) is 15.1. The van der Waals surface area contributed by atoms with Gasteiger partial charge in [-0.3, -0.25) is 9.59 Å². The third-order valence-electron chi connectivity index (χ3n) is 6.91. The van der Waals surface area contributed by atoms with E-state index in [4.69, 9.17) is 0 Å². The zero-order valence-electron chi connectivity index (χ0n) is 18.0. The summed E-state index contributed by atoms with van der Waals surface area (Å²) in [6.45, 7) is 2.85. The molecule has 1 atom stereocenters. The van der Waals surface area contributed by atoms with Crippen LogP contribution < -0.4 is 5.32 Å². The maximum Gasteiger partial charge on any atom is 0.271 e. The van der Waals surface area contributed by atoms with Crippen LogP contribution in [-0.4, -0.2) is 32.9 Å². The molecule has 31 heavy (non-hydrogen) atoms. The Bertz CT molecular complexity index is 1100. The molecule has 1 aliphatic heterocycles. The molecule has 1 fully saturated rings. The van der Waals surface area contributed by atoms with Crippen LogP contribution in [0, 0.1) is 0 Å². The van der Waals surface area contributed by atoms with Crippen LogP contribution >= 0.6 is 11.3 Å². The fraction of sp³-hybridized carbons (Fsp3) is 0.440. The molecule has 5 rings (SSSR count). The number of aromatic nitrogens is 1. The lowest BCUT2D eigenvalue weighted by molar-refractivity contribution is -0.134. The number of benzene rings is 1. The van der Waals surface area contributed by atoms with Gasteiger partial charge in [-0.25, -0.2) is 0 Å². The Hall–Kier alpha value is -2.60. The molecule has 3 aromatic rings. The Labute approximate surface area is 187 Å². The van der Waals surface area contributed by atoms with Gasteiger partial charge in [0.1, 0.15) is 11.2 Å². The summed E-state index contributed by atoms with van der Waals surface area (Å²) in [5.74, 6) is -0.109. The van der Waals surface area contributed by atoms with Gasteiger partial charge in [-0.05, 0) is 43.3 Å². The molecule has 1 aromatic carbocycles. The molecule has 6 heteroatoms. The summed E-state index contributed by atoms with van der Waals surface area (Å²) in [5, 5.41) is 6.38. The minimum atomic E-state index is -0.942. The van der Waals surface area contributed by atoms with Gasteiger partial charge in [-0.15, -0.1) is 11.3 Å². The van der Waals surface area contributed by atoms with E-state index in [1.165, 1.54) is 12.8 Å². The molecule has 2 aromatic heterocycles. The molecule has 162 valence electrons. The monoisotopic (exact) mass is 435 g/mol. The molecule has 0 saturated heterocycles. The van der Waals surface area contributed by atoms with Crippen molar-refractivity contribution in [3.8, 4) is 0 Å². The highest BCUT2D eigenvalue weighted by molar-refractivity contribution is 7.09. The van der Waals surface area contributed by atoms with Crippen molar-refractivity contribution in [3.63, 3.8) is 0 Å². The molecule has 5 nitrogen and oxygen atoms in total. The first-order valence-electron chi connectivity index (χ1n) is 11.3. The van der Waals surface area contributed by atoms with Crippen molar-refractivity contribution in [1.82, 2.24) is 14.8 Å².